The number of thiophene rings is 2. The maximum atomic E-state index is 2.65. The van der Waals surface area contributed by atoms with Crippen LogP contribution in [0.15, 0.2) is 36.4 Å². The van der Waals surface area contributed by atoms with Crippen molar-refractivity contribution < 1.29 is 0 Å². The van der Waals surface area contributed by atoms with Crippen LogP contribution in [0.1, 0.15) is 64.2 Å². The van der Waals surface area contributed by atoms with Crippen molar-refractivity contribution >= 4 is 74.9 Å². The molecule has 0 unspecified atom stereocenters. The summed E-state index contributed by atoms with van der Waals surface area (Å²) in [5.41, 5.74) is 0. The second-order valence-corrected chi connectivity index (χ2v) is 25.7. The topological polar surface area (TPSA) is 0 Å². The molecule has 0 fully saturated rings. The third-order valence-electron chi connectivity index (χ3n) is 6.78. The summed E-state index contributed by atoms with van der Waals surface area (Å²) in [6.45, 7) is 9.35. The van der Waals surface area contributed by atoms with Crippen LogP contribution in [-0.2, 0) is 0 Å². The van der Waals surface area contributed by atoms with Crippen molar-refractivity contribution in [3.8, 4) is 0 Å². The van der Waals surface area contributed by atoms with Crippen LogP contribution in [0.25, 0.3) is 30.9 Å². The number of unbranched alkanes of at least 4 members (excludes halogenated alkanes) is 3. The molecule has 4 rings (SSSR count). The van der Waals surface area contributed by atoms with Crippen LogP contribution in [0.4, 0.5) is 0 Å². The third-order valence-corrected chi connectivity index (χ3v) is 27.1. The van der Waals surface area contributed by atoms with Crippen LogP contribution >= 0.6 is 22.7 Å². The Labute approximate surface area is 194 Å². The fourth-order valence-electron chi connectivity index (χ4n) is 5.01. The molecule has 0 saturated heterocycles. The van der Waals surface area contributed by atoms with Gasteiger partial charge in [0, 0.05) is 0 Å². The van der Waals surface area contributed by atoms with Crippen molar-refractivity contribution in [1.29, 1.82) is 0 Å². The number of rotatable bonds is 10. The van der Waals surface area contributed by atoms with Gasteiger partial charge in [-0.05, 0) is 0 Å². The molecule has 160 valence electrons. The van der Waals surface area contributed by atoms with E-state index in [1.165, 1.54) is 74.3 Å². The van der Waals surface area contributed by atoms with E-state index < -0.39 is 18.4 Å². The van der Waals surface area contributed by atoms with Crippen molar-refractivity contribution in [2.45, 2.75) is 79.5 Å². The van der Waals surface area contributed by atoms with Gasteiger partial charge in [-0.15, -0.1) is 0 Å². The Bertz CT molecular complexity index is 1040. The number of fused-ring (bicyclic) bond motifs is 3. The molecule has 2 aromatic carbocycles. The molecule has 0 spiro atoms. The minimum absolute atomic E-state index is 1.35. The van der Waals surface area contributed by atoms with Gasteiger partial charge >= 0.3 is 196 Å². The molecule has 2 aromatic heterocycles. The second-order valence-electron chi connectivity index (χ2n) is 9.19. The van der Waals surface area contributed by atoms with Gasteiger partial charge in [0.2, 0.25) is 0 Å². The number of hydrogen-bond acceptors (Lipinski definition) is 2. The molecule has 0 atom stereocenters. The SMILES string of the molecule is CCC[CH2][Sn]([CH2]CCC)([CH2]CCC)[c]1cc2cc3cc4sc(C)cc4cc3cc2s1. The maximum absolute atomic E-state index is 2.65. The Kier molecular flexibility index (Phi) is 7.47. The average molecular weight is 543 g/mol. The van der Waals surface area contributed by atoms with Crippen molar-refractivity contribution in [3.05, 3.63) is 41.3 Å². The fraction of sp³-hybridized carbons (Fsp3) is 0.481. The van der Waals surface area contributed by atoms with Crippen LogP contribution in [0.5, 0.6) is 0 Å². The summed E-state index contributed by atoms with van der Waals surface area (Å²) in [4.78, 5) is 1.41. The quantitative estimate of drug-likeness (QED) is 0.175. The second kappa shape index (κ2) is 9.92. The van der Waals surface area contributed by atoms with E-state index >= 15 is 0 Å². The van der Waals surface area contributed by atoms with Gasteiger partial charge in [0.1, 0.15) is 0 Å². The van der Waals surface area contributed by atoms with Crippen LogP contribution in [0.2, 0.25) is 13.3 Å². The van der Waals surface area contributed by atoms with Gasteiger partial charge < -0.3 is 0 Å². The number of hydrogen-bond donors (Lipinski definition) is 0. The Morgan fingerprint density at radius 3 is 1.63 bits per heavy atom. The molecule has 2 heterocycles. The first-order chi connectivity index (χ1) is 14.6. The molecule has 0 aliphatic carbocycles. The van der Waals surface area contributed by atoms with E-state index in [4.69, 9.17) is 0 Å². The Morgan fingerprint density at radius 1 is 0.600 bits per heavy atom. The average Bonchev–Trinajstić information content (AvgIpc) is 3.31. The van der Waals surface area contributed by atoms with Crippen molar-refractivity contribution in [3.63, 3.8) is 0 Å². The van der Waals surface area contributed by atoms with Gasteiger partial charge in [-0.25, -0.2) is 0 Å². The molecule has 3 heteroatoms. The zero-order valence-electron chi connectivity index (χ0n) is 19.1. The zero-order valence-corrected chi connectivity index (χ0v) is 23.6. The third kappa shape index (κ3) is 4.61. The van der Waals surface area contributed by atoms with Gasteiger partial charge in [0.15, 0.2) is 0 Å². The zero-order chi connectivity index (χ0) is 21.1. The molecule has 0 aliphatic rings. The van der Waals surface area contributed by atoms with E-state index in [2.05, 4.69) is 75.4 Å². The monoisotopic (exact) mass is 544 g/mol. The first-order valence-electron chi connectivity index (χ1n) is 12.0. The van der Waals surface area contributed by atoms with E-state index in [-0.39, 0.29) is 0 Å². The Hall–Kier alpha value is -0.581. The molecule has 0 N–H and O–H groups in total. The van der Waals surface area contributed by atoms with Crippen LogP contribution in [0.3, 0.4) is 0 Å². The van der Waals surface area contributed by atoms with Crippen molar-refractivity contribution in [2.24, 2.45) is 0 Å². The molecule has 0 bridgehead atoms. The Balaban J connectivity index is 1.81. The summed E-state index contributed by atoms with van der Waals surface area (Å²) in [5, 5.41) is 5.74. The first kappa shape index (κ1) is 22.6. The van der Waals surface area contributed by atoms with E-state index in [0.717, 1.165) is 0 Å². The first-order valence-corrected chi connectivity index (χ1v) is 21.1. The number of benzene rings is 2. The van der Waals surface area contributed by atoms with Gasteiger partial charge in [-0.1, -0.05) is 0 Å². The van der Waals surface area contributed by atoms with Crippen molar-refractivity contribution in [1.82, 2.24) is 0 Å². The normalized spacial score (nSPS) is 12.5. The molecule has 0 amide bonds. The van der Waals surface area contributed by atoms with Crippen LogP contribution in [0, 0.1) is 6.92 Å². The summed E-state index contributed by atoms with van der Waals surface area (Å²) in [6, 6.07) is 14.8. The van der Waals surface area contributed by atoms with Gasteiger partial charge in [0.25, 0.3) is 0 Å². The summed E-state index contributed by atoms with van der Waals surface area (Å²) in [5.74, 6) is 0. The molecule has 0 saturated carbocycles. The predicted octanol–water partition coefficient (Wildman–Crippen LogP) is 9.63. The summed E-state index contributed by atoms with van der Waals surface area (Å²) >= 11 is 1.76. The van der Waals surface area contributed by atoms with E-state index in [1.54, 1.807) is 13.3 Å². The predicted molar refractivity (Wildman–Crippen MR) is 144 cm³/mol. The van der Waals surface area contributed by atoms with Crippen LogP contribution in [-0.4, -0.2) is 18.4 Å². The number of aryl methyl sites for hydroxylation is 1. The molecule has 4 aromatic rings. The van der Waals surface area contributed by atoms with E-state index in [9.17, 15) is 0 Å². The van der Waals surface area contributed by atoms with Crippen LogP contribution < -0.4 is 2.89 Å². The van der Waals surface area contributed by atoms with E-state index in [0.29, 0.717) is 0 Å². The van der Waals surface area contributed by atoms with Gasteiger partial charge in [0.05, 0.1) is 0 Å². The molecular weight excluding hydrogens is 507 g/mol. The molecule has 0 radical (unpaired) electrons. The molecular formula is C27H36S2Sn. The minimum atomic E-state index is -2.34. The molecule has 0 nitrogen and oxygen atoms in total. The summed E-state index contributed by atoms with van der Waals surface area (Å²) < 4.78 is 9.50. The fourth-order valence-corrected chi connectivity index (χ4v) is 26.3. The summed E-state index contributed by atoms with van der Waals surface area (Å²) in [7, 11) is 0. The van der Waals surface area contributed by atoms with Crippen molar-refractivity contribution in [2.75, 3.05) is 0 Å². The molecule has 0 aliphatic heterocycles. The van der Waals surface area contributed by atoms with E-state index in [1.807, 2.05) is 14.2 Å². The Morgan fingerprint density at radius 2 is 1.10 bits per heavy atom. The van der Waals surface area contributed by atoms with Gasteiger partial charge in [-0.3, -0.25) is 0 Å². The standard InChI is InChI=1S/C15H9S2.3C4H9.Sn/c1-9-4-13-6-12-7-14-10(2-3-16-14)5-11(12)8-15(13)17-9;3*1-3-4-2;/h2,4-8H,1H3;3*1,3-4H2,2H3;. The summed E-state index contributed by atoms with van der Waals surface area (Å²) in [6.07, 6.45) is 8.37. The van der Waals surface area contributed by atoms with Gasteiger partial charge in [-0.2, -0.15) is 0 Å². The molecule has 30 heavy (non-hydrogen) atoms.